The van der Waals surface area contributed by atoms with Crippen molar-refractivity contribution in [3.05, 3.63) is 23.2 Å². The Hall–Kier alpha value is -1.46. The van der Waals surface area contributed by atoms with Crippen molar-refractivity contribution in [3.8, 4) is 5.75 Å². The lowest BCUT2D eigenvalue weighted by molar-refractivity contribution is 0.118. The molecule has 0 radical (unpaired) electrons. The summed E-state index contributed by atoms with van der Waals surface area (Å²) in [5.74, 6) is 0.673. The first-order chi connectivity index (χ1) is 10.4. The predicted octanol–water partition coefficient (Wildman–Crippen LogP) is 3.55. The van der Waals surface area contributed by atoms with E-state index in [-0.39, 0.29) is 24.3 Å². The van der Waals surface area contributed by atoms with Crippen LogP contribution in [0.4, 0.5) is 10.5 Å². The highest BCUT2D eigenvalue weighted by Gasteiger charge is 2.21. The molecule has 0 saturated heterocycles. The van der Waals surface area contributed by atoms with Gasteiger partial charge in [-0.2, -0.15) is 0 Å². The van der Waals surface area contributed by atoms with Gasteiger partial charge in [-0.3, -0.25) is 0 Å². The molecule has 2 rings (SSSR count). The first-order valence-electron chi connectivity index (χ1n) is 7.66. The van der Waals surface area contributed by atoms with Crippen LogP contribution >= 0.6 is 11.6 Å². The van der Waals surface area contributed by atoms with Gasteiger partial charge in [0.1, 0.15) is 5.75 Å². The van der Waals surface area contributed by atoms with Gasteiger partial charge in [0.15, 0.2) is 0 Å². The third-order valence-corrected chi connectivity index (χ3v) is 3.91. The molecule has 1 fully saturated rings. The van der Waals surface area contributed by atoms with Gasteiger partial charge in [0.2, 0.25) is 0 Å². The molecule has 1 aliphatic carbocycles. The summed E-state index contributed by atoms with van der Waals surface area (Å²) in [6.45, 7) is 3.88. The predicted molar refractivity (Wildman–Crippen MR) is 87.6 cm³/mol. The second-order valence-corrected chi connectivity index (χ2v) is 6.32. The van der Waals surface area contributed by atoms with Crippen LogP contribution in [0.2, 0.25) is 5.02 Å². The number of nitrogens with one attached hydrogen (secondary N) is 2. The lowest BCUT2D eigenvalue weighted by Gasteiger charge is -2.26. The van der Waals surface area contributed by atoms with Crippen molar-refractivity contribution in [1.29, 1.82) is 0 Å². The van der Waals surface area contributed by atoms with Crippen molar-refractivity contribution in [2.75, 3.05) is 5.32 Å². The molecule has 122 valence electrons. The Kier molecular flexibility index (Phi) is 5.91. The van der Waals surface area contributed by atoms with E-state index in [1.807, 2.05) is 13.8 Å². The number of halogens is 1. The topological polar surface area (TPSA) is 70.6 Å². The van der Waals surface area contributed by atoms with Crippen molar-refractivity contribution >= 4 is 23.3 Å². The molecule has 0 unspecified atom stereocenters. The Morgan fingerprint density at radius 2 is 2.00 bits per heavy atom. The van der Waals surface area contributed by atoms with Gasteiger partial charge in [0, 0.05) is 12.1 Å². The van der Waals surface area contributed by atoms with Gasteiger partial charge in [0.25, 0.3) is 0 Å². The SMILES string of the molecule is CC(C)Oc1ccc(NC(=O)NC2CCC(O)CC2)c(Cl)c1. The minimum atomic E-state index is -0.277. The maximum Gasteiger partial charge on any atom is 0.319 e. The van der Waals surface area contributed by atoms with Crippen LogP contribution in [-0.4, -0.2) is 29.4 Å². The second kappa shape index (κ2) is 7.70. The lowest BCUT2D eigenvalue weighted by Crippen LogP contribution is -2.40. The van der Waals surface area contributed by atoms with Gasteiger partial charge in [-0.15, -0.1) is 0 Å². The third kappa shape index (κ3) is 5.07. The van der Waals surface area contributed by atoms with E-state index in [9.17, 15) is 9.90 Å². The Labute approximate surface area is 136 Å². The van der Waals surface area contributed by atoms with Crippen LogP contribution in [0, 0.1) is 0 Å². The number of carbonyl (C=O) groups is 1. The van der Waals surface area contributed by atoms with E-state index in [1.54, 1.807) is 18.2 Å². The Balaban J connectivity index is 1.88. The van der Waals surface area contributed by atoms with E-state index in [4.69, 9.17) is 16.3 Å². The van der Waals surface area contributed by atoms with Crippen LogP contribution in [0.3, 0.4) is 0 Å². The van der Waals surface area contributed by atoms with Gasteiger partial charge >= 0.3 is 6.03 Å². The molecule has 1 aromatic carbocycles. The average Bonchev–Trinajstić information content (AvgIpc) is 2.44. The highest BCUT2D eigenvalue weighted by atomic mass is 35.5. The number of hydrogen-bond donors (Lipinski definition) is 3. The summed E-state index contributed by atoms with van der Waals surface area (Å²) in [7, 11) is 0. The summed E-state index contributed by atoms with van der Waals surface area (Å²) in [4.78, 5) is 12.0. The summed E-state index contributed by atoms with van der Waals surface area (Å²) in [5.41, 5.74) is 0.547. The monoisotopic (exact) mass is 326 g/mol. The molecule has 1 aliphatic rings. The van der Waals surface area contributed by atoms with E-state index < -0.39 is 0 Å². The number of benzene rings is 1. The Morgan fingerprint density at radius 3 is 2.59 bits per heavy atom. The summed E-state index contributed by atoms with van der Waals surface area (Å²) in [5, 5.41) is 15.6. The molecule has 5 nitrogen and oxygen atoms in total. The number of rotatable bonds is 4. The maximum atomic E-state index is 12.0. The van der Waals surface area contributed by atoms with Gasteiger partial charge < -0.3 is 20.5 Å². The molecule has 6 heteroatoms. The van der Waals surface area contributed by atoms with Gasteiger partial charge in [-0.1, -0.05) is 11.6 Å². The van der Waals surface area contributed by atoms with Crippen molar-refractivity contribution in [1.82, 2.24) is 5.32 Å². The van der Waals surface area contributed by atoms with E-state index in [1.165, 1.54) is 0 Å². The lowest BCUT2D eigenvalue weighted by atomic mass is 9.93. The fourth-order valence-corrected chi connectivity index (χ4v) is 2.72. The Bertz CT molecular complexity index is 514. The second-order valence-electron chi connectivity index (χ2n) is 5.91. The number of carbonyl (C=O) groups excluding carboxylic acids is 1. The molecular weight excluding hydrogens is 304 g/mol. The quantitative estimate of drug-likeness (QED) is 0.792. The molecule has 0 aromatic heterocycles. The van der Waals surface area contributed by atoms with E-state index in [0.717, 1.165) is 25.7 Å². The standard InChI is InChI=1S/C16H23ClN2O3/c1-10(2)22-13-7-8-15(14(17)9-13)19-16(21)18-11-3-5-12(20)6-4-11/h7-12,20H,3-6H2,1-2H3,(H2,18,19,21). The zero-order chi connectivity index (χ0) is 16.1. The minimum absolute atomic E-state index is 0.0693. The highest BCUT2D eigenvalue weighted by molar-refractivity contribution is 6.33. The number of aliphatic hydroxyl groups excluding tert-OH is 1. The van der Waals surface area contributed by atoms with Crippen LogP contribution in [0.5, 0.6) is 5.75 Å². The molecule has 0 atom stereocenters. The normalized spacial score (nSPS) is 21.5. The molecule has 0 aliphatic heterocycles. The van der Waals surface area contributed by atoms with Crippen LogP contribution in [0.15, 0.2) is 18.2 Å². The Morgan fingerprint density at radius 1 is 1.32 bits per heavy atom. The molecule has 0 spiro atoms. The largest absolute Gasteiger partial charge is 0.491 e. The highest BCUT2D eigenvalue weighted by Crippen LogP contribution is 2.27. The van der Waals surface area contributed by atoms with Gasteiger partial charge in [0.05, 0.1) is 22.9 Å². The number of amides is 2. The van der Waals surface area contributed by atoms with Crippen LogP contribution < -0.4 is 15.4 Å². The van der Waals surface area contributed by atoms with Gasteiger partial charge in [-0.05, 0) is 51.7 Å². The van der Waals surface area contributed by atoms with Crippen molar-refractivity contribution in [3.63, 3.8) is 0 Å². The number of hydrogen-bond acceptors (Lipinski definition) is 3. The molecule has 3 N–H and O–H groups in total. The van der Waals surface area contributed by atoms with Crippen LogP contribution in [-0.2, 0) is 0 Å². The average molecular weight is 327 g/mol. The summed E-state index contributed by atoms with van der Waals surface area (Å²) in [6, 6.07) is 5.02. The van der Waals surface area contributed by atoms with E-state index in [2.05, 4.69) is 10.6 Å². The number of anilines is 1. The van der Waals surface area contributed by atoms with Crippen molar-refractivity contribution in [2.45, 2.75) is 57.8 Å². The zero-order valence-electron chi connectivity index (χ0n) is 12.9. The molecule has 0 bridgehead atoms. The number of ether oxygens (including phenoxy) is 1. The smallest absolute Gasteiger partial charge is 0.319 e. The molecule has 1 aromatic rings. The molecule has 1 saturated carbocycles. The summed E-state index contributed by atoms with van der Waals surface area (Å²) >= 11 is 6.16. The summed E-state index contributed by atoms with van der Waals surface area (Å²) in [6.07, 6.45) is 2.89. The number of aliphatic hydroxyl groups is 1. The van der Waals surface area contributed by atoms with E-state index >= 15 is 0 Å². The zero-order valence-corrected chi connectivity index (χ0v) is 13.7. The maximum absolute atomic E-state index is 12.0. The molecule has 2 amide bonds. The molecule has 0 heterocycles. The van der Waals surface area contributed by atoms with Crippen molar-refractivity contribution in [2.24, 2.45) is 0 Å². The van der Waals surface area contributed by atoms with Crippen LogP contribution in [0.1, 0.15) is 39.5 Å². The first-order valence-corrected chi connectivity index (χ1v) is 8.03. The fraction of sp³-hybridized carbons (Fsp3) is 0.562. The fourth-order valence-electron chi connectivity index (χ4n) is 2.51. The third-order valence-electron chi connectivity index (χ3n) is 3.59. The first kappa shape index (κ1) is 16.9. The van der Waals surface area contributed by atoms with E-state index in [0.29, 0.717) is 16.5 Å². The summed E-state index contributed by atoms with van der Waals surface area (Å²) < 4.78 is 5.55. The van der Waals surface area contributed by atoms with Crippen molar-refractivity contribution < 1.29 is 14.6 Å². The number of urea groups is 1. The minimum Gasteiger partial charge on any atom is -0.491 e. The molecule has 22 heavy (non-hydrogen) atoms. The van der Waals surface area contributed by atoms with Gasteiger partial charge in [-0.25, -0.2) is 4.79 Å². The molecular formula is C16H23ClN2O3. The van der Waals surface area contributed by atoms with Crippen LogP contribution in [0.25, 0.3) is 0 Å².